The summed E-state index contributed by atoms with van der Waals surface area (Å²) < 4.78 is 19.4. The monoisotopic (exact) mass is 807 g/mol. The summed E-state index contributed by atoms with van der Waals surface area (Å²) in [5, 5.41) is 6.39. The van der Waals surface area contributed by atoms with E-state index in [1.165, 1.54) is 0 Å². The summed E-state index contributed by atoms with van der Waals surface area (Å²) in [4.78, 5) is 15.4. The second kappa shape index (κ2) is 14.0. The van der Waals surface area contributed by atoms with E-state index >= 15 is 0 Å². The lowest BCUT2D eigenvalue weighted by molar-refractivity contribution is 0.668. The lowest BCUT2D eigenvalue weighted by Crippen LogP contribution is -2.00. The van der Waals surface area contributed by atoms with Gasteiger partial charge in [-0.3, -0.25) is 0 Å². The molecule has 6 nitrogen and oxygen atoms in total. The fraction of sp³-hybridized carbons (Fsp3) is 0. The van der Waals surface area contributed by atoms with Gasteiger partial charge in [0.05, 0.1) is 0 Å². The van der Waals surface area contributed by atoms with Crippen molar-refractivity contribution >= 4 is 65.8 Å². The molecule has 0 fully saturated rings. The maximum absolute atomic E-state index is 6.69. The molecule has 0 saturated heterocycles. The molecular weight excluding hydrogens is 775 g/mol. The molecule has 63 heavy (non-hydrogen) atoms. The van der Waals surface area contributed by atoms with Crippen LogP contribution in [0.15, 0.2) is 213 Å². The molecule has 0 atom stereocenters. The van der Waals surface area contributed by atoms with E-state index in [2.05, 4.69) is 121 Å². The van der Waals surface area contributed by atoms with Gasteiger partial charge in [-0.2, -0.15) is 0 Å². The standard InChI is InChI=1S/C57H33N3O3/c1-3-14-34(15-4-1)45-31-38(33-52-54(45)43-21-10-12-24-48(43)62-52)57-59-55(35-16-5-2-6-17-35)58-56(60-57)37-26-28-44-51(32-37)63-50-25-13-22-42(53(44)50)40-19-8-7-18-39(40)36-27-29-49-46(30-36)41-20-9-11-23-47(41)61-49/h1-33H. The van der Waals surface area contributed by atoms with Crippen molar-refractivity contribution in [2.75, 3.05) is 0 Å². The van der Waals surface area contributed by atoms with Crippen LogP contribution in [0.25, 0.3) is 133 Å². The van der Waals surface area contributed by atoms with Crippen LogP contribution in [0.1, 0.15) is 0 Å². The predicted molar refractivity (Wildman–Crippen MR) is 254 cm³/mol. The van der Waals surface area contributed by atoms with Crippen molar-refractivity contribution in [1.29, 1.82) is 0 Å². The number of hydrogen-bond donors (Lipinski definition) is 0. The van der Waals surface area contributed by atoms with Crippen LogP contribution in [-0.2, 0) is 0 Å². The summed E-state index contributed by atoms with van der Waals surface area (Å²) in [6.07, 6.45) is 0. The summed E-state index contributed by atoms with van der Waals surface area (Å²) in [6.45, 7) is 0. The molecule has 0 aliphatic carbocycles. The molecule has 0 N–H and O–H groups in total. The molecule has 0 bridgehead atoms. The fourth-order valence-electron chi connectivity index (χ4n) is 9.23. The van der Waals surface area contributed by atoms with E-state index in [4.69, 9.17) is 28.2 Å². The topological polar surface area (TPSA) is 78.1 Å². The van der Waals surface area contributed by atoms with Gasteiger partial charge in [-0.1, -0.05) is 146 Å². The van der Waals surface area contributed by atoms with Crippen molar-refractivity contribution in [1.82, 2.24) is 15.0 Å². The predicted octanol–water partition coefficient (Wildman–Crippen LogP) is 15.6. The van der Waals surface area contributed by atoms with E-state index in [0.29, 0.717) is 17.5 Å². The lowest BCUT2D eigenvalue weighted by atomic mass is 9.91. The van der Waals surface area contributed by atoms with Crippen LogP contribution in [0.3, 0.4) is 0 Å². The van der Waals surface area contributed by atoms with Crippen molar-refractivity contribution < 1.29 is 13.3 Å². The first kappa shape index (κ1) is 35.2. The van der Waals surface area contributed by atoms with E-state index in [0.717, 1.165) is 116 Å². The zero-order valence-corrected chi connectivity index (χ0v) is 33.6. The zero-order chi connectivity index (χ0) is 41.4. The molecule has 0 amide bonds. The second-order valence-corrected chi connectivity index (χ2v) is 15.9. The average Bonchev–Trinajstić information content (AvgIpc) is 4.05. The van der Waals surface area contributed by atoms with Crippen LogP contribution in [0.5, 0.6) is 0 Å². The van der Waals surface area contributed by atoms with Gasteiger partial charge in [0.25, 0.3) is 0 Å². The zero-order valence-electron chi connectivity index (χ0n) is 33.6. The number of aromatic nitrogens is 3. The minimum absolute atomic E-state index is 0.542. The number of furan rings is 3. The Hall–Kier alpha value is -8.61. The van der Waals surface area contributed by atoms with Gasteiger partial charge in [0.15, 0.2) is 17.5 Å². The van der Waals surface area contributed by atoms with E-state index in [1.807, 2.05) is 78.9 Å². The van der Waals surface area contributed by atoms with Gasteiger partial charge in [-0.25, -0.2) is 15.0 Å². The molecule has 4 heterocycles. The van der Waals surface area contributed by atoms with Crippen molar-refractivity contribution in [3.8, 4) is 67.5 Å². The molecule has 0 aliphatic heterocycles. The van der Waals surface area contributed by atoms with Gasteiger partial charge in [-0.15, -0.1) is 0 Å². The number of rotatable bonds is 6. The summed E-state index contributed by atoms with van der Waals surface area (Å²) in [5.74, 6) is 1.66. The van der Waals surface area contributed by atoms with Crippen LogP contribution in [-0.4, -0.2) is 15.0 Å². The Bertz CT molecular complexity index is 3920. The number of hydrogen-bond acceptors (Lipinski definition) is 6. The Morgan fingerprint density at radius 2 is 0.762 bits per heavy atom. The van der Waals surface area contributed by atoms with Gasteiger partial charge in [0, 0.05) is 49.0 Å². The average molecular weight is 808 g/mol. The molecule has 6 heteroatoms. The number of para-hydroxylation sites is 2. The molecule has 0 unspecified atom stereocenters. The lowest BCUT2D eigenvalue weighted by Gasteiger charge is -2.12. The molecule has 0 radical (unpaired) electrons. The number of benzene rings is 9. The molecule has 294 valence electrons. The highest BCUT2D eigenvalue weighted by atomic mass is 16.3. The highest BCUT2D eigenvalue weighted by Gasteiger charge is 2.21. The summed E-state index contributed by atoms with van der Waals surface area (Å²) in [7, 11) is 0. The Balaban J connectivity index is 0.965. The quantitative estimate of drug-likeness (QED) is 0.166. The number of nitrogens with zero attached hydrogens (tertiary/aromatic N) is 3. The highest BCUT2D eigenvalue weighted by Crippen LogP contribution is 2.44. The Morgan fingerprint density at radius 3 is 1.57 bits per heavy atom. The van der Waals surface area contributed by atoms with Crippen molar-refractivity contribution in [2.45, 2.75) is 0 Å². The largest absolute Gasteiger partial charge is 0.456 e. The van der Waals surface area contributed by atoms with Crippen molar-refractivity contribution in [3.05, 3.63) is 200 Å². The number of fused-ring (bicyclic) bond motifs is 9. The van der Waals surface area contributed by atoms with Gasteiger partial charge in [0.2, 0.25) is 0 Å². The Kier molecular flexibility index (Phi) is 7.80. The van der Waals surface area contributed by atoms with Gasteiger partial charge < -0.3 is 13.3 Å². The van der Waals surface area contributed by atoms with E-state index in [1.54, 1.807) is 0 Å². The molecule has 9 aromatic carbocycles. The second-order valence-electron chi connectivity index (χ2n) is 15.9. The van der Waals surface area contributed by atoms with Crippen molar-refractivity contribution in [3.63, 3.8) is 0 Å². The third-order valence-corrected chi connectivity index (χ3v) is 12.1. The van der Waals surface area contributed by atoms with Crippen LogP contribution in [0.4, 0.5) is 0 Å². The first-order chi connectivity index (χ1) is 31.2. The minimum Gasteiger partial charge on any atom is -0.456 e. The van der Waals surface area contributed by atoms with Crippen molar-refractivity contribution in [2.24, 2.45) is 0 Å². The van der Waals surface area contributed by atoms with Gasteiger partial charge in [-0.05, 0) is 88.0 Å². The normalized spacial score (nSPS) is 11.8. The maximum atomic E-state index is 6.69. The fourth-order valence-corrected chi connectivity index (χ4v) is 9.23. The summed E-state index contributed by atoms with van der Waals surface area (Å²) in [5.41, 5.74) is 14.0. The highest BCUT2D eigenvalue weighted by molar-refractivity contribution is 6.15. The van der Waals surface area contributed by atoms with Crippen LogP contribution < -0.4 is 0 Å². The molecule has 0 saturated carbocycles. The van der Waals surface area contributed by atoms with Crippen LogP contribution >= 0.6 is 0 Å². The van der Waals surface area contributed by atoms with E-state index < -0.39 is 0 Å². The third kappa shape index (κ3) is 5.76. The summed E-state index contributed by atoms with van der Waals surface area (Å²) >= 11 is 0. The SMILES string of the molecule is c1ccc(-c2nc(-c3ccc4c(c3)oc3cccc(-c5ccccc5-c5ccc6oc7ccccc7c6c5)c34)nc(-c3cc(-c4ccccc4)c4c(c3)oc3ccccc34)n2)cc1. The van der Waals surface area contributed by atoms with Crippen LogP contribution in [0, 0.1) is 0 Å². The summed E-state index contributed by atoms with van der Waals surface area (Å²) in [6, 6.07) is 68.6. The Labute approximate surface area is 360 Å². The van der Waals surface area contributed by atoms with Gasteiger partial charge >= 0.3 is 0 Å². The molecule has 4 aromatic heterocycles. The van der Waals surface area contributed by atoms with E-state index in [-0.39, 0.29) is 0 Å². The minimum atomic E-state index is 0.542. The first-order valence-electron chi connectivity index (χ1n) is 21.0. The Morgan fingerprint density at radius 1 is 0.238 bits per heavy atom. The molecule has 0 spiro atoms. The van der Waals surface area contributed by atoms with E-state index in [9.17, 15) is 0 Å². The molecular formula is C57H33N3O3. The first-order valence-corrected chi connectivity index (χ1v) is 21.0. The molecule has 13 aromatic rings. The maximum Gasteiger partial charge on any atom is 0.164 e. The van der Waals surface area contributed by atoms with Gasteiger partial charge in [0.1, 0.15) is 33.5 Å². The smallest absolute Gasteiger partial charge is 0.164 e. The molecule has 0 aliphatic rings. The van der Waals surface area contributed by atoms with Crippen LogP contribution in [0.2, 0.25) is 0 Å². The molecule has 13 rings (SSSR count). The third-order valence-electron chi connectivity index (χ3n) is 12.1.